The minimum atomic E-state index is -0.0284. The fourth-order valence-electron chi connectivity index (χ4n) is 1.90. The second kappa shape index (κ2) is 6.06. The molecule has 108 valence electrons. The van der Waals surface area contributed by atoms with Crippen LogP contribution in [0.4, 0.5) is 0 Å². The maximum absolute atomic E-state index is 4.21. The van der Waals surface area contributed by atoms with Crippen LogP contribution in [0.25, 0.3) is 0 Å². The maximum Gasteiger partial charge on any atom is 0.0965 e. The summed E-state index contributed by atoms with van der Waals surface area (Å²) in [6.07, 6.45) is 2.00. The Bertz CT molecular complexity index is 571. The number of rotatable bonds is 4. The first-order chi connectivity index (χ1) is 9.38. The largest absolute Gasteiger partial charge is 0.304 e. The smallest absolute Gasteiger partial charge is 0.0965 e. The zero-order valence-corrected chi connectivity index (χ0v) is 14.0. The molecule has 1 aromatic heterocycles. The third-order valence-corrected chi connectivity index (χ3v) is 3.91. The molecule has 0 saturated carbocycles. The lowest BCUT2D eigenvalue weighted by Gasteiger charge is -2.17. The molecule has 0 amide bonds. The Labute approximate surface area is 128 Å². The molecule has 1 atom stereocenters. The molecule has 20 heavy (non-hydrogen) atoms. The van der Waals surface area contributed by atoms with Gasteiger partial charge in [-0.1, -0.05) is 39.3 Å². The van der Waals surface area contributed by atoms with E-state index in [1.165, 1.54) is 5.56 Å². The van der Waals surface area contributed by atoms with Gasteiger partial charge in [-0.15, -0.1) is 5.10 Å². The lowest BCUT2D eigenvalue weighted by Crippen LogP contribution is -2.22. The van der Waals surface area contributed by atoms with Crippen molar-refractivity contribution in [3.05, 3.63) is 46.2 Å². The molecule has 0 bridgehead atoms. The number of hydrogen-bond donors (Lipinski definition) is 1. The normalized spacial score (nSPS) is 13.4. The number of halogens is 1. The number of nitrogens with one attached hydrogen (secondary N) is 1. The van der Waals surface area contributed by atoms with E-state index in [-0.39, 0.29) is 11.6 Å². The summed E-state index contributed by atoms with van der Waals surface area (Å²) in [6, 6.07) is 8.51. The number of benzene rings is 1. The van der Waals surface area contributed by atoms with Crippen LogP contribution in [0.1, 0.15) is 45.0 Å². The second-order valence-electron chi connectivity index (χ2n) is 5.95. The molecule has 2 aromatic rings. The molecule has 2 rings (SSSR count). The van der Waals surface area contributed by atoms with E-state index in [4.69, 9.17) is 0 Å². The topological polar surface area (TPSA) is 42.7 Å². The molecule has 0 aliphatic carbocycles. The number of hydrogen-bond acceptors (Lipinski definition) is 3. The summed E-state index contributed by atoms with van der Waals surface area (Å²) in [6.45, 7) is 9.20. The Kier molecular flexibility index (Phi) is 4.60. The van der Waals surface area contributed by atoms with Crippen LogP contribution in [-0.4, -0.2) is 15.0 Å². The summed E-state index contributed by atoms with van der Waals surface area (Å²) in [5, 5.41) is 11.9. The van der Waals surface area contributed by atoms with Gasteiger partial charge in [-0.05, 0) is 39.3 Å². The van der Waals surface area contributed by atoms with Gasteiger partial charge < -0.3 is 5.32 Å². The third-order valence-electron chi connectivity index (χ3n) is 3.19. The highest BCUT2D eigenvalue weighted by Gasteiger charge is 2.15. The van der Waals surface area contributed by atoms with Gasteiger partial charge in [0.15, 0.2) is 0 Å². The molecule has 1 aromatic carbocycles. The highest BCUT2D eigenvalue weighted by Crippen LogP contribution is 2.23. The van der Waals surface area contributed by atoms with Crippen molar-refractivity contribution in [1.82, 2.24) is 20.3 Å². The Morgan fingerprint density at radius 2 is 2.00 bits per heavy atom. The van der Waals surface area contributed by atoms with Crippen LogP contribution in [0, 0.1) is 0 Å². The first kappa shape index (κ1) is 15.2. The van der Waals surface area contributed by atoms with E-state index in [0.29, 0.717) is 6.54 Å². The highest BCUT2D eigenvalue weighted by atomic mass is 79.9. The molecular weight excluding hydrogens is 316 g/mol. The van der Waals surface area contributed by atoms with E-state index in [1.807, 2.05) is 23.0 Å². The summed E-state index contributed by atoms with van der Waals surface area (Å²) >= 11 is 3.58. The van der Waals surface area contributed by atoms with Crippen LogP contribution < -0.4 is 5.32 Å². The van der Waals surface area contributed by atoms with E-state index in [9.17, 15) is 0 Å². The van der Waals surface area contributed by atoms with E-state index in [1.54, 1.807) is 0 Å². The van der Waals surface area contributed by atoms with Crippen molar-refractivity contribution in [3.8, 4) is 0 Å². The first-order valence-corrected chi connectivity index (χ1v) is 7.57. The van der Waals surface area contributed by atoms with E-state index < -0.39 is 0 Å². The number of nitrogens with zero attached hydrogens (tertiary/aromatic N) is 3. The van der Waals surface area contributed by atoms with Gasteiger partial charge >= 0.3 is 0 Å². The standard InChI is InChI=1S/C15H21BrN4/c1-11(13-7-5-6-8-14(13)16)17-9-12-10-20(19-18-12)15(2,3)4/h5-8,10-11,17H,9H2,1-4H3/t11-/m1/s1. The quantitative estimate of drug-likeness (QED) is 0.926. The maximum atomic E-state index is 4.21. The number of aromatic nitrogens is 3. The Morgan fingerprint density at radius 1 is 1.30 bits per heavy atom. The van der Waals surface area contributed by atoms with Crippen LogP contribution in [0.2, 0.25) is 0 Å². The van der Waals surface area contributed by atoms with Gasteiger partial charge in [0.1, 0.15) is 0 Å². The summed E-state index contributed by atoms with van der Waals surface area (Å²) in [5.41, 5.74) is 2.17. The molecule has 0 radical (unpaired) electrons. The van der Waals surface area contributed by atoms with Crippen LogP contribution in [0.15, 0.2) is 34.9 Å². The zero-order valence-electron chi connectivity index (χ0n) is 12.4. The Balaban J connectivity index is 1.99. The molecular formula is C15H21BrN4. The molecule has 1 heterocycles. The second-order valence-corrected chi connectivity index (χ2v) is 6.80. The molecule has 0 saturated heterocycles. The fourth-order valence-corrected chi connectivity index (χ4v) is 2.53. The van der Waals surface area contributed by atoms with Crippen molar-refractivity contribution in [3.63, 3.8) is 0 Å². The molecule has 0 fully saturated rings. The van der Waals surface area contributed by atoms with Crippen molar-refractivity contribution in [2.24, 2.45) is 0 Å². The van der Waals surface area contributed by atoms with Gasteiger partial charge in [0.05, 0.1) is 17.4 Å². The summed E-state index contributed by atoms with van der Waals surface area (Å²) in [7, 11) is 0. The zero-order chi connectivity index (χ0) is 14.8. The predicted octanol–water partition coefficient (Wildman–Crippen LogP) is 3.65. The van der Waals surface area contributed by atoms with Gasteiger partial charge in [-0.25, -0.2) is 4.68 Å². The highest BCUT2D eigenvalue weighted by molar-refractivity contribution is 9.10. The average Bonchev–Trinajstić information content (AvgIpc) is 2.85. The van der Waals surface area contributed by atoms with Crippen molar-refractivity contribution < 1.29 is 0 Å². The van der Waals surface area contributed by atoms with Crippen LogP contribution >= 0.6 is 15.9 Å². The van der Waals surface area contributed by atoms with Gasteiger partial charge in [-0.2, -0.15) is 0 Å². The molecule has 4 nitrogen and oxygen atoms in total. The van der Waals surface area contributed by atoms with Crippen LogP contribution in [0.3, 0.4) is 0 Å². The van der Waals surface area contributed by atoms with Crippen molar-refractivity contribution in [2.75, 3.05) is 0 Å². The van der Waals surface area contributed by atoms with Crippen LogP contribution in [-0.2, 0) is 12.1 Å². The Morgan fingerprint density at radius 3 is 2.60 bits per heavy atom. The van der Waals surface area contributed by atoms with Gasteiger partial charge in [-0.3, -0.25) is 0 Å². The SMILES string of the molecule is C[C@@H](NCc1cn(C(C)(C)C)nn1)c1ccccc1Br. The molecule has 0 aliphatic rings. The van der Waals surface area contributed by atoms with E-state index in [0.717, 1.165) is 10.2 Å². The monoisotopic (exact) mass is 336 g/mol. The van der Waals surface area contributed by atoms with Crippen molar-refractivity contribution in [2.45, 2.75) is 45.8 Å². The summed E-state index contributed by atoms with van der Waals surface area (Å²) in [5.74, 6) is 0. The van der Waals surface area contributed by atoms with E-state index in [2.05, 4.69) is 71.4 Å². The molecule has 0 aliphatic heterocycles. The fraction of sp³-hybridized carbons (Fsp3) is 0.467. The average molecular weight is 337 g/mol. The van der Waals surface area contributed by atoms with Gasteiger partial charge in [0.25, 0.3) is 0 Å². The van der Waals surface area contributed by atoms with Crippen molar-refractivity contribution >= 4 is 15.9 Å². The van der Waals surface area contributed by atoms with Gasteiger partial charge in [0, 0.05) is 17.1 Å². The lowest BCUT2D eigenvalue weighted by atomic mass is 10.1. The summed E-state index contributed by atoms with van der Waals surface area (Å²) in [4.78, 5) is 0. The molecule has 1 N–H and O–H groups in total. The van der Waals surface area contributed by atoms with Crippen LogP contribution in [0.5, 0.6) is 0 Å². The molecule has 0 spiro atoms. The summed E-state index contributed by atoms with van der Waals surface area (Å²) < 4.78 is 3.02. The predicted molar refractivity (Wildman–Crippen MR) is 84.4 cm³/mol. The Hall–Kier alpha value is -1.20. The van der Waals surface area contributed by atoms with Crippen molar-refractivity contribution in [1.29, 1.82) is 0 Å². The molecule has 0 unspecified atom stereocenters. The van der Waals surface area contributed by atoms with Gasteiger partial charge in [0.2, 0.25) is 0 Å². The minimum Gasteiger partial charge on any atom is -0.304 e. The third kappa shape index (κ3) is 3.67. The molecule has 5 heteroatoms. The lowest BCUT2D eigenvalue weighted by molar-refractivity contribution is 0.347. The first-order valence-electron chi connectivity index (χ1n) is 6.77. The minimum absolute atomic E-state index is 0.0284. The van der Waals surface area contributed by atoms with E-state index >= 15 is 0 Å².